The number of hydrogen-bond acceptors (Lipinski definition) is 6. The molecule has 9 heteroatoms. The number of carbonyl (C=O) groups is 1. The lowest BCUT2D eigenvalue weighted by Gasteiger charge is -2.14. The summed E-state index contributed by atoms with van der Waals surface area (Å²) in [6.45, 7) is 0. The van der Waals surface area contributed by atoms with Crippen molar-refractivity contribution in [2.75, 3.05) is 0 Å². The van der Waals surface area contributed by atoms with Gasteiger partial charge in [-0.3, -0.25) is 20.2 Å². The highest BCUT2D eigenvalue weighted by molar-refractivity contribution is 5.89. The summed E-state index contributed by atoms with van der Waals surface area (Å²) in [6, 6.07) is -2.91. The largest absolute Gasteiger partial charge is 0.478 e. The van der Waals surface area contributed by atoms with Crippen LogP contribution in [-0.4, -0.2) is 38.1 Å². The van der Waals surface area contributed by atoms with Crippen LogP contribution in [-0.2, 0) is 4.79 Å². The van der Waals surface area contributed by atoms with Gasteiger partial charge in [-0.2, -0.15) is 0 Å². The molecule has 0 fully saturated rings. The smallest absolute Gasteiger partial charge is 0.334 e. The van der Waals surface area contributed by atoms with E-state index < -0.39 is 39.2 Å². The molecule has 16 heavy (non-hydrogen) atoms. The van der Waals surface area contributed by atoms with Crippen LogP contribution in [0.25, 0.3) is 0 Å². The summed E-state index contributed by atoms with van der Waals surface area (Å²) in [5.41, 5.74) is -2.77. The highest BCUT2D eigenvalue weighted by Gasteiger charge is 2.38. The second kappa shape index (κ2) is 4.06. The molecule has 1 rings (SSSR count). The number of aliphatic hydroxyl groups is 1. The maximum atomic E-state index is 10.7. The van der Waals surface area contributed by atoms with Gasteiger partial charge in [0.2, 0.25) is 0 Å². The highest BCUT2D eigenvalue weighted by atomic mass is 16.6. The molecule has 2 unspecified atom stereocenters. The highest BCUT2D eigenvalue weighted by Crippen LogP contribution is 2.21. The van der Waals surface area contributed by atoms with Crippen molar-refractivity contribution in [3.05, 3.63) is 43.7 Å². The average molecular weight is 232 g/mol. The van der Waals surface area contributed by atoms with Crippen molar-refractivity contribution in [1.29, 1.82) is 0 Å². The molecule has 9 nitrogen and oxygen atoms in total. The number of nitro groups is 2. The van der Waals surface area contributed by atoms with Crippen molar-refractivity contribution in [2.24, 2.45) is 0 Å². The minimum atomic E-state index is -3.25. The molecule has 0 aromatic carbocycles. The summed E-state index contributed by atoms with van der Waals surface area (Å²) in [5.74, 6) is -1.96. The number of carboxylic acid groups (broad SMARTS) is 1. The molecule has 0 aliphatic heterocycles. The van der Waals surface area contributed by atoms with Crippen LogP contribution in [0.4, 0.5) is 0 Å². The molecule has 0 spiro atoms. The Balaban J connectivity index is 3.55. The van der Waals surface area contributed by atoms with Crippen molar-refractivity contribution >= 4 is 5.97 Å². The zero-order chi connectivity index (χ0) is 14.3. The molecule has 0 saturated heterocycles. The van der Waals surface area contributed by atoms with Gasteiger partial charge < -0.3 is 10.2 Å². The Morgan fingerprint density at radius 1 is 1.44 bits per heavy atom. The zero-order valence-electron chi connectivity index (χ0n) is 9.48. The van der Waals surface area contributed by atoms with Gasteiger partial charge in [0.25, 0.3) is 11.7 Å². The van der Waals surface area contributed by atoms with E-state index in [2.05, 4.69) is 0 Å². The third kappa shape index (κ3) is 2.03. The van der Waals surface area contributed by atoms with E-state index in [1.54, 1.807) is 0 Å². The van der Waals surface area contributed by atoms with E-state index in [-0.39, 0.29) is 12.2 Å². The maximum absolute atomic E-state index is 10.7. The second-order valence-corrected chi connectivity index (χ2v) is 2.68. The standard InChI is InChI=1S/C7H6N2O7/c10-6-4(7(11)12)1-3(8(13)14)2-5(6)9(15)16/h1-3,6,10H,(H,11,12)/i3D,6D. The Kier molecular flexibility index (Phi) is 2.28. The summed E-state index contributed by atoms with van der Waals surface area (Å²) in [6.07, 6.45) is -2.96. The van der Waals surface area contributed by atoms with Gasteiger partial charge >= 0.3 is 5.97 Å². The molecule has 1 aliphatic rings. The van der Waals surface area contributed by atoms with Gasteiger partial charge in [0, 0.05) is 11.0 Å². The Labute approximate surface area is 90.4 Å². The first kappa shape index (κ1) is 8.97. The lowest BCUT2D eigenvalue weighted by molar-refractivity contribution is -0.501. The first-order valence-corrected chi connectivity index (χ1v) is 3.73. The van der Waals surface area contributed by atoms with E-state index in [9.17, 15) is 30.1 Å². The minimum absolute atomic E-state index is 0.117. The van der Waals surface area contributed by atoms with Crippen molar-refractivity contribution < 1.29 is 27.6 Å². The molecule has 86 valence electrons. The molecule has 2 atom stereocenters. The van der Waals surface area contributed by atoms with Crippen LogP contribution in [0.5, 0.6) is 0 Å². The van der Waals surface area contributed by atoms with E-state index >= 15 is 0 Å². The van der Waals surface area contributed by atoms with E-state index in [1.165, 1.54) is 0 Å². The lowest BCUT2D eigenvalue weighted by Crippen LogP contribution is -2.32. The molecular weight excluding hydrogens is 224 g/mol. The van der Waals surface area contributed by atoms with Crippen LogP contribution in [0.1, 0.15) is 2.74 Å². The molecule has 0 amide bonds. The summed E-state index contributed by atoms with van der Waals surface area (Å²) in [7, 11) is 0. The zero-order valence-corrected chi connectivity index (χ0v) is 7.48. The quantitative estimate of drug-likeness (QED) is 0.477. The van der Waals surface area contributed by atoms with E-state index in [0.717, 1.165) is 0 Å². The van der Waals surface area contributed by atoms with Crippen molar-refractivity contribution in [2.45, 2.75) is 12.1 Å². The molecule has 0 radical (unpaired) electrons. The summed E-state index contributed by atoms with van der Waals surface area (Å²) in [4.78, 5) is 29.3. The fourth-order valence-electron chi connectivity index (χ4n) is 1.01. The number of nitrogens with zero attached hydrogens (tertiary/aromatic N) is 2. The first-order valence-electron chi connectivity index (χ1n) is 4.73. The summed E-state index contributed by atoms with van der Waals surface area (Å²) >= 11 is 0. The molecule has 1 aliphatic carbocycles. The maximum Gasteiger partial charge on any atom is 0.334 e. The Hall–Kier alpha value is -2.29. The third-order valence-electron chi connectivity index (χ3n) is 1.71. The van der Waals surface area contributed by atoms with Gasteiger partial charge in [0.15, 0.2) is 6.08 Å². The van der Waals surface area contributed by atoms with Gasteiger partial charge in [-0.05, 0) is 0 Å². The lowest BCUT2D eigenvalue weighted by atomic mass is 9.97. The van der Waals surface area contributed by atoms with Crippen molar-refractivity contribution in [3.63, 3.8) is 0 Å². The number of hydrogen-bond donors (Lipinski definition) is 2. The molecule has 0 aromatic rings. The van der Waals surface area contributed by atoms with Gasteiger partial charge in [-0.25, -0.2) is 4.79 Å². The average Bonchev–Trinajstić information content (AvgIpc) is 2.20. The minimum Gasteiger partial charge on any atom is -0.478 e. The summed E-state index contributed by atoms with van der Waals surface area (Å²) in [5, 5.41) is 39.3. The predicted octanol–water partition coefficient (Wildman–Crippen LogP) is -0.822. The van der Waals surface area contributed by atoms with Crippen LogP contribution in [0, 0.1) is 20.2 Å². The third-order valence-corrected chi connectivity index (χ3v) is 1.71. The van der Waals surface area contributed by atoms with Crippen LogP contribution in [0.2, 0.25) is 0 Å². The first-order chi connectivity index (χ1) is 8.02. The molecule has 0 saturated carbocycles. The molecule has 0 aromatic heterocycles. The molecule has 0 heterocycles. The summed E-state index contributed by atoms with van der Waals surface area (Å²) < 4.78 is 14.5. The molecule has 2 N–H and O–H groups in total. The monoisotopic (exact) mass is 232 g/mol. The number of carboxylic acids is 1. The Morgan fingerprint density at radius 2 is 2.00 bits per heavy atom. The number of rotatable bonds is 3. The van der Waals surface area contributed by atoms with Gasteiger partial charge in [0.05, 0.1) is 17.9 Å². The normalized spacial score (nSPS) is 35.3. The Bertz CT molecular complexity index is 476. The van der Waals surface area contributed by atoms with Gasteiger partial charge in [-0.15, -0.1) is 0 Å². The number of aliphatic carboxylic acids is 1. The predicted molar refractivity (Wildman–Crippen MR) is 47.6 cm³/mol. The second-order valence-electron chi connectivity index (χ2n) is 2.68. The van der Waals surface area contributed by atoms with Crippen LogP contribution in [0.15, 0.2) is 23.4 Å². The van der Waals surface area contributed by atoms with Crippen LogP contribution < -0.4 is 0 Å². The van der Waals surface area contributed by atoms with Crippen molar-refractivity contribution in [1.82, 2.24) is 0 Å². The Morgan fingerprint density at radius 3 is 2.38 bits per heavy atom. The van der Waals surface area contributed by atoms with E-state index in [4.69, 9.17) is 7.85 Å². The molecule has 0 bridgehead atoms. The SMILES string of the molecule is [2H]C1(O)C(C(=O)O)=CC([2H])([N+](=O)[O-])C=C1[N+](=O)[O-]. The molecular formula is C7H6N2O7. The van der Waals surface area contributed by atoms with Crippen molar-refractivity contribution in [3.8, 4) is 0 Å². The topological polar surface area (TPSA) is 144 Å². The van der Waals surface area contributed by atoms with Crippen LogP contribution in [0.3, 0.4) is 0 Å². The fraction of sp³-hybridized carbons (Fsp3) is 0.286. The van der Waals surface area contributed by atoms with Gasteiger partial charge in [0.1, 0.15) is 1.37 Å². The van der Waals surface area contributed by atoms with Gasteiger partial charge in [-0.1, -0.05) is 0 Å². The van der Waals surface area contributed by atoms with Crippen LogP contribution >= 0.6 is 0 Å². The van der Waals surface area contributed by atoms with E-state index in [0.29, 0.717) is 0 Å². The van der Waals surface area contributed by atoms with E-state index in [1.807, 2.05) is 0 Å². The fourth-order valence-corrected chi connectivity index (χ4v) is 1.01.